The average molecular weight is 477 g/mol. The van der Waals surface area contributed by atoms with Gasteiger partial charge in [-0.2, -0.15) is 0 Å². The van der Waals surface area contributed by atoms with Gasteiger partial charge in [0.1, 0.15) is 0 Å². The van der Waals surface area contributed by atoms with E-state index in [1.54, 1.807) is 0 Å². The van der Waals surface area contributed by atoms with Crippen LogP contribution >= 0.6 is 0 Å². The van der Waals surface area contributed by atoms with Crippen molar-refractivity contribution >= 4 is 11.9 Å². The number of fused-ring (bicyclic) bond motifs is 7. The third kappa shape index (κ3) is 2.98. The molecule has 1 spiro atoms. The summed E-state index contributed by atoms with van der Waals surface area (Å²) in [6.45, 7) is 9.30. The van der Waals surface area contributed by atoms with Gasteiger partial charge in [-0.05, 0) is 73.5 Å². The normalized spacial score (nSPS) is 55.8. The van der Waals surface area contributed by atoms with Gasteiger partial charge in [-0.15, -0.1) is 0 Å². The van der Waals surface area contributed by atoms with Gasteiger partial charge in [0.05, 0.1) is 19.1 Å². The number of aliphatic hydroxyl groups is 1. The topological polar surface area (TPSA) is 91.3 Å². The van der Waals surface area contributed by atoms with Gasteiger partial charge >= 0.3 is 11.9 Å². The first kappa shape index (κ1) is 23.2. The summed E-state index contributed by atoms with van der Waals surface area (Å²) in [6, 6.07) is 0. The Morgan fingerprint density at radius 2 is 1.88 bits per heavy atom. The van der Waals surface area contributed by atoms with Gasteiger partial charge in [0.25, 0.3) is 0 Å². The van der Waals surface area contributed by atoms with Crippen molar-refractivity contribution in [2.45, 2.75) is 110 Å². The van der Waals surface area contributed by atoms with Crippen LogP contribution in [0.25, 0.3) is 0 Å². The van der Waals surface area contributed by atoms with Crippen LogP contribution in [-0.4, -0.2) is 47.9 Å². The molecule has 6 rings (SSSR count). The number of carbonyl (C=O) groups is 2. The fraction of sp³-hybridized carbons (Fsp3) is 0.926. The smallest absolute Gasteiger partial charge is 0.311 e. The molecule has 3 saturated heterocycles. The number of rotatable bonds is 2. The Morgan fingerprint density at radius 1 is 1.09 bits per heavy atom. The predicted octanol–water partition coefficient (Wildman–Crippen LogP) is 3.95. The van der Waals surface area contributed by atoms with E-state index in [1.807, 2.05) is 0 Å². The molecule has 11 atom stereocenters. The van der Waals surface area contributed by atoms with Crippen LogP contribution in [0.2, 0.25) is 0 Å². The first-order chi connectivity index (χ1) is 16.0. The Hall–Kier alpha value is -1.18. The second kappa shape index (κ2) is 7.42. The van der Waals surface area contributed by atoms with E-state index in [-0.39, 0.29) is 46.4 Å². The summed E-state index contributed by atoms with van der Waals surface area (Å²) in [5.41, 5.74) is -0.781. The average Bonchev–Trinajstić information content (AvgIpc) is 3.22. The first-order valence-electron chi connectivity index (χ1n) is 13.4. The Bertz CT molecular complexity index is 890. The van der Waals surface area contributed by atoms with E-state index in [2.05, 4.69) is 20.8 Å². The SMILES string of the molecule is CC(=O)OCC1(C)CCCC2(C)C1CCC1(C)C3CC(O)C45CC(=O)OC4OC(O5)C3CCC12. The van der Waals surface area contributed by atoms with Crippen LogP contribution in [0.15, 0.2) is 0 Å². The monoisotopic (exact) mass is 476 g/mol. The van der Waals surface area contributed by atoms with Gasteiger partial charge in [0.15, 0.2) is 11.9 Å². The van der Waals surface area contributed by atoms with Gasteiger partial charge in [0, 0.05) is 18.3 Å². The van der Waals surface area contributed by atoms with Crippen LogP contribution in [0.5, 0.6) is 0 Å². The van der Waals surface area contributed by atoms with Gasteiger partial charge in [-0.25, -0.2) is 0 Å². The molecule has 0 aromatic carbocycles. The van der Waals surface area contributed by atoms with E-state index in [9.17, 15) is 14.7 Å². The van der Waals surface area contributed by atoms with E-state index in [0.717, 1.165) is 38.5 Å². The molecular formula is C27H40O7. The number of hydrogen-bond acceptors (Lipinski definition) is 7. The summed E-state index contributed by atoms with van der Waals surface area (Å²) in [7, 11) is 0. The molecule has 0 amide bonds. The fourth-order valence-electron chi connectivity index (χ4n) is 10.0. The zero-order valence-electron chi connectivity index (χ0n) is 21.0. The summed E-state index contributed by atoms with van der Waals surface area (Å²) in [5.74, 6) is 1.00. The molecule has 6 aliphatic rings. The summed E-state index contributed by atoms with van der Waals surface area (Å²) in [5, 5.41) is 11.4. The lowest BCUT2D eigenvalue weighted by Crippen LogP contribution is -2.61. The highest BCUT2D eigenvalue weighted by Crippen LogP contribution is 2.71. The minimum atomic E-state index is -1.04. The molecule has 0 aromatic rings. The van der Waals surface area contributed by atoms with Crippen LogP contribution in [0.4, 0.5) is 0 Å². The van der Waals surface area contributed by atoms with E-state index in [0.29, 0.717) is 24.9 Å². The zero-order valence-corrected chi connectivity index (χ0v) is 21.0. The minimum Gasteiger partial charge on any atom is -0.465 e. The third-order valence-electron chi connectivity index (χ3n) is 11.5. The highest BCUT2D eigenvalue weighted by Gasteiger charge is 2.70. The maximum absolute atomic E-state index is 12.0. The minimum absolute atomic E-state index is 0.0127. The number of ether oxygens (including phenoxy) is 4. The van der Waals surface area contributed by atoms with Gasteiger partial charge in [-0.3, -0.25) is 9.59 Å². The Kier molecular flexibility index (Phi) is 5.07. The van der Waals surface area contributed by atoms with Crippen LogP contribution < -0.4 is 0 Å². The largest absolute Gasteiger partial charge is 0.465 e. The van der Waals surface area contributed by atoms with Crippen molar-refractivity contribution in [2.75, 3.05) is 6.61 Å². The van der Waals surface area contributed by atoms with Crippen molar-refractivity contribution in [3.05, 3.63) is 0 Å². The van der Waals surface area contributed by atoms with Crippen LogP contribution in [0, 0.1) is 39.9 Å². The molecule has 11 unspecified atom stereocenters. The highest BCUT2D eigenvalue weighted by molar-refractivity contribution is 5.74. The van der Waals surface area contributed by atoms with Crippen molar-refractivity contribution in [2.24, 2.45) is 39.9 Å². The highest BCUT2D eigenvalue weighted by atomic mass is 16.8. The van der Waals surface area contributed by atoms with E-state index >= 15 is 0 Å². The second-order valence-corrected chi connectivity index (χ2v) is 13.1. The molecule has 0 radical (unpaired) electrons. The molecule has 7 nitrogen and oxygen atoms in total. The van der Waals surface area contributed by atoms with Crippen LogP contribution in [0.1, 0.15) is 85.5 Å². The van der Waals surface area contributed by atoms with Gasteiger partial charge < -0.3 is 24.1 Å². The fourth-order valence-corrected chi connectivity index (χ4v) is 10.0. The molecular weight excluding hydrogens is 436 g/mol. The molecule has 3 heterocycles. The maximum Gasteiger partial charge on any atom is 0.311 e. The molecule has 1 N–H and O–H groups in total. The maximum atomic E-state index is 12.0. The number of carbonyl (C=O) groups excluding carboxylic acids is 2. The molecule has 2 bridgehead atoms. The van der Waals surface area contributed by atoms with Crippen molar-refractivity contribution in [3.8, 4) is 0 Å². The zero-order chi connectivity index (χ0) is 24.1. The second-order valence-electron chi connectivity index (χ2n) is 13.1. The Morgan fingerprint density at radius 3 is 2.65 bits per heavy atom. The van der Waals surface area contributed by atoms with Crippen molar-refractivity contribution in [1.82, 2.24) is 0 Å². The van der Waals surface area contributed by atoms with E-state index in [4.69, 9.17) is 18.9 Å². The molecule has 3 aliphatic heterocycles. The summed E-state index contributed by atoms with van der Waals surface area (Å²) in [6.07, 6.45) is 6.55. The van der Waals surface area contributed by atoms with Gasteiger partial charge in [-0.1, -0.05) is 27.2 Å². The van der Waals surface area contributed by atoms with Crippen molar-refractivity contribution in [3.63, 3.8) is 0 Å². The summed E-state index contributed by atoms with van der Waals surface area (Å²) in [4.78, 5) is 23.7. The number of esters is 2. The summed E-state index contributed by atoms with van der Waals surface area (Å²) < 4.78 is 23.5. The lowest BCUT2D eigenvalue weighted by molar-refractivity contribution is -0.226. The quantitative estimate of drug-likeness (QED) is 0.603. The lowest BCUT2D eigenvalue weighted by Gasteiger charge is -2.67. The van der Waals surface area contributed by atoms with Crippen LogP contribution in [0.3, 0.4) is 0 Å². The summed E-state index contributed by atoms with van der Waals surface area (Å²) >= 11 is 0. The molecule has 6 fully saturated rings. The molecule has 190 valence electrons. The lowest BCUT2D eigenvalue weighted by atomic mass is 9.38. The molecule has 3 aliphatic carbocycles. The number of hydrogen-bond donors (Lipinski definition) is 1. The van der Waals surface area contributed by atoms with E-state index < -0.39 is 24.3 Å². The Labute approximate surface area is 202 Å². The van der Waals surface area contributed by atoms with Crippen molar-refractivity contribution < 1.29 is 33.6 Å². The molecule has 34 heavy (non-hydrogen) atoms. The van der Waals surface area contributed by atoms with E-state index in [1.165, 1.54) is 13.3 Å². The molecule has 0 aromatic heterocycles. The van der Waals surface area contributed by atoms with Crippen LogP contribution in [-0.2, 0) is 28.5 Å². The van der Waals surface area contributed by atoms with Gasteiger partial charge in [0.2, 0.25) is 6.29 Å². The first-order valence-corrected chi connectivity index (χ1v) is 13.4. The van der Waals surface area contributed by atoms with Crippen molar-refractivity contribution in [1.29, 1.82) is 0 Å². The number of aliphatic hydroxyl groups excluding tert-OH is 1. The standard InChI is InChI=1S/C27H40O7/c1-15(28)31-14-24(2)9-5-10-26(4)18(24)8-11-25(3)17-12-20(29)27-13-21(30)32-23(27)33-22(34-27)16(17)6-7-19(25)26/h16-20,22-23,29H,5-14H2,1-4H3. The molecule has 3 saturated carbocycles. The Balaban J connectivity index is 1.31. The predicted molar refractivity (Wildman–Crippen MR) is 121 cm³/mol. The molecule has 7 heteroatoms. The third-order valence-corrected chi connectivity index (χ3v) is 11.5.